The maximum Gasteiger partial charge on any atom is 0.119 e. The molecular weight excluding hydrogens is 308 g/mol. The Morgan fingerprint density at radius 2 is 1.26 bits per heavy atom. The van der Waals surface area contributed by atoms with E-state index in [2.05, 4.69) is 10.2 Å². The standard InChI is InChI=1S/C19H15ClN2O/c20-16-6-8-17(9-7-16)21-22-18-10-12-19(13-11-18)23-14-15-4-2-1-3-5-15/h1-13H,14H2. The Kier molecular flexibility index (Phi) is 5.02. The van der Waals surface area contributed by atoms with Crippen LogP contribution in [0.5, 0.6) is 5.75 Å². The van der Waals surface area contributed by atoms with E-state index in [1.807, 2.05) is 66.7 Å². The zero-order chi connectivity index (χ0) is 15.9. The van der Waals surface area contributed by atoms with E-state index in [0.717, 1.165) is 22.7 Å². The predicted molar refractivity (Wildman–Crippen MR) is 92.8 cm³/mol. The molecule has 0 aliphatic carbocycles. The zero-order valence-corrected chi connectivity index (χ0v) is 13.1. The van der Waals surface area contributed by atoms with E-state index in [4.69, 9.17) is 16.3 Å². The number of nitrogens with zero attached hydrogens (tertiary/aromatic N) is 2. The van der Waals surface area contributed by atoms with E-state index < -0.39 is 0 Å². The van der Waals surface area contributed by atoms with Crippen molar-refractivity contribution in [2.45, 2.75) is 6.61 Å². The Morgan fingerprint density at radius 1 is 0.696 bits per heavy atom. The Balaban J connectivity index is 1.59. The minimum Gasteiger partial charge on any atom is -0.489 e. The van der Waals surface area contributed by atoms with Crippen LogP contribution in [0.2, 0.25) is 5.02 Å². The maximum absolute atomic E-state index is 5.83. The molecule has 0 amide bonds. The van der Waals surface area contributed by atoms with Gasteiger partial charge in [0.05, 0.1) is 11.4 Å². The van der Waals surface area contributed by atoms with Gasteiger partial charge in [-0.3, -0.25) is 0 Å². The van der Waals surface area contributed by atoms with Crippen LogP contribution < -0.4 is 4.74 Å². The highest BCUT2D eigenvalue weighted by atomic mass is 35.5. The van der Waals surface area contributed by atoms with Crippen LogP contribution in [-0.4, -0.2) is 0 Å². The number of ether oxygens (including phenoxy) is 1. The van der Waals surface area contributed by atoms with E-state index in [-0.39, 0.29) is 0 Å². The average molecular weight is 323 g/mol. The molecule has 0 unspecified atom stereocenters. The van der Waals surface area contributed by atoms with Gasteiger partial charge in [-0.1, -0.05) is 41.9 Å². The summed E-state index contributed by atoms with van der Waals surface area (Å²) in [6, 6.07) is 24.8. The topological polar surface area (TPSA) is 34.0 Å². The normalized spacial score (nSPS) is 10.8. The molecule has 0 atom stereocenters. The number of hydrogen-bond donors (Lipinski definition) is 0. The van der Waals surface area contributed by atoms with E-state index in [1.54, 1.807) is 12.1 Å². The highest BCUT2D eigenvalue weighted by Gasteiger charge is 1.97. The van der Waals surface area contributed by atoms with Gasteiger partial charge in [-0.25, -0.2) is 0 Å². The van der Waals surface area contributed by atoms with Crippen LogP contribution in [0.25, 0.3) is 0 Å². The zero-order valence-electron chi connectivity index (χ0n) is 12.4. The van der Waals surface area contributed by atoms with Gasteiger partial charge in [0.15, 0.2) is 0 Å². The van der Waals surface area contributed by atoms with Crippen molar-refractivity contribution < 1.29 is 4.74 Å². The molecule has 114 valence electrons. The SMILES string of the molecule is Clc1ccc(N=Nc2ccc(OCc3ccccc3)cc2)cc1. The molecule has 3 rings (SSSR count). The molecule has 0 aliphatic rings. The molecule has 4 heteroatoms. The van der Waals surface area contributed by atoms with Crippen LogP contribution in [0.3, 0.4) is 0 Å². The Morgan fingerprint density at radius 3 is 1.87 bits per heavy atom. The third-order valence-electron chi connectivity index (χ3n) is 3.19. The molecule has 0 aromatic heterocycles. The van der Waals surface area contributed by atoms with Gasteiger partial charge in [-0.15, -0.1) is 0 Å². The second-order valence-corrected chi connectivity index (χ2v) is 5.38. The number of benzene rings is 3. The third kappa shape index (κ3) is 4.66. The first-order valence-electron chi connectivity index (χ1n) is 7.24. The number of halogens is 1. The maximum atomic E-state index is 5.83. The first-order valence-corrected chi connectivity index (χ1v) is 7.61. The van der Waals surface area contributed by atoms with Gasteiger partial charge in [0.1, 0.15) is 12.4 Å². The fourth-order valence-electron chi connectivity index (χ4n) is 1.97. The minimum absolute atomic E-state index is 0.548. The summed E-state index contributed by atoms with van der Waals surface area (Å²) >= 11 is 5.83. The molecule has 0 bridgehead atoms. The minimum atomic E-state index is 0.548. The molecule has 3 aromatic rings. The second-order valence-electron chi connectivity index (χ2n) is 4.94. The van der Waals surface area contributed by atoms with Crippen molar-refractivity contribution in [3.05, 3.63) is 89.4 Å². The Bertz CT molecular complexity index is 769. The molecule has 0 saturated carbocycles. The van der Waals surface area contributed by atoms with Gasteiger partial charge in [0, 0.05) is 5.02 Å². The molecule has 0 radical (unpaired) electrons. The summed E-state index contributed by atoms with van der Waals surface area (Å²) in [7, 11) is 0. The molecular formula is C19H15ClN2O. The first kappa shape index (κ1) is 15.3. The smallest absolute Gasteiger partial charge is 0.119 e. The molecule has 0 saturated heterocycles. The fourth-order valence-corrected chi connectivity index (χ4v) is 2.10. The van der Waals surface area contributed by atoms with E-state index in [0.29, 0.717) is 11.6 Å². The first-order chi connectivity index (χ1) is 11.3. The van der Waals surface area contributed by atoms with E-state index >= 15 is 0 Å². The van der Waals surface area contributed by atoms with Crippen LogP contribution in [0, 0.1) is 0 Å². The predicted octanol–water partition coefficient (Wildman–Crippen LogP) is 6.33. The summed E-state index contributed by atoms with van der Waals surface area (Å²) in [4.78, 5) is 0. The van der Waals surface area contributed by atoms with Crippen molar-refractivity contribution in [3.63, 3.8) is 0 Å². The lowest BCUT2D eigenvalue weighted by atomic mass is 10.2. The van der Waals surface area contributed by atoms with Crippen LogP contribution >= 0.6 is 11.6 Å². The van der Waals surface area contributed by atoms with Crippen molar-refractivity contribution in [1.82, 2.24) is 0 Å². The number of azo groups is 1. The number of hydrogen-bond acceptors (Lipinski definition) is 3. The lowest BCUT2D eigenvalue weighted by Crippen LogP contribution is -1.94. The quantitative estimate of drug-likeness (QED) is 0.505. The largest absolute Gasteiger partial charge is 0.489 e. The highest BCUT2D eigenvalue weighted by molar-refractivity contribution is 6.30. The molecule has 0 N–H and O–H groups in total. The van der Waals surface area contributed by atoms with Crippen LogP contribution in [0.1, 0.15) is 5.56 Å². The molecule has 3 nitrogen and oxygen atoms in total. The van der Waals surface area contributed by atoms with Gasteiger partial charge in [-0.2, -0.15) is 10.2 Å². The van der Waals surface area contributed by atoms with E-state index in [1.165, 1.54) is 0 Å². The molecule has 23 heavy (non-hydrogen) atoms. The lowest BCUT2D eigenvalue weighted by molar-refractivity contribution is 0.306. The molecule has 3 aromatic carbocycles. The highest BCUT2D eigenvalue weighted by Crippen LogP contribution is 2.22. The van der Waals surface area contributed by atoms with Gasteiger partial charge in [-0.05, 0) is 54.1 Å². The summed E-state index contributed by atoms with van der Waals surface area (Å²) in [5.41, 5.74) is 2.67. The summed E-state index contributed by atoms with van der Waals surface area (Å²) in [6.45, 7) is 0.548. The summed E-state index contributed by atoms with van der Waals surface area (Å²) < 4.78 is 5.74. The van der Waals surface area contributed by atoms with Gasteiger partial charge in [0.2, 0.25) is 0 Å². The van der Waals surface area contributed by atoms with Gasteiger partial charge in [0.25, 0.3) is 0 Å². The second kappa shape index (κ2) is 7.56. The number of rotatable bonds is 5. The van der Waals surface area contributed by atoms with Crippen molar-refractivity contribution in [2.24, 2.45) is 10.2 Å². The van der Waals surface area contributed by atoms with Crippen molar-refractivity contribution >= 4 is 23.0 Å². The summed E-state index contributed by atoms with van der Waals surface area (Å²) in [5, 5.41) is 9.04. The molecule has 0 spiro atoms. The lowest BCUT2D eigenvalue weighted by Gasteiger charge is -2.06. The van der Waals surface area contributed by atoms with Crippen molar-refractivity contribution in [1.29, 1.82) is 0 Å². The Hall–Kier alpha value is -2.65. The average Bonchev–Trinajstić information content (AvgIpc) is 2.61. The van der Waals surface area contributed by atoms with Gasteiger partial charge < -0.3 is 4.74 Å². The molecule has 0 fully saturated rings. The van der Waals surface area contributed by atoms with Crippen LogP contribution in [0.15, 0.2) is 89.1 Å². The van der Waals surface area contributed by atoms with Crippen molar-refractivity contribution in [3.8, 4) is 5.75 Å². The van der Waals surface area contributed by atoms with Gasteiger partial charge >= 0.3 is 0 Å². The van der Waals surface area contributed by atoms with Crippen LogP contribution in [-0.2, 0) is 6.61 Å². The van der Waals surface area contributed by atoms with Crippen molar-refractivity contribution in [2.75, 3.05) is 0 Å². The monoisotopic (exact) mass is 322 g/mol. The molecule has 0 aliphatic heterocycles. The molecule has 0 heterocycles. The van der Waals surface area contributed by atoms with Crippen LogP contribution in [0.4, 0.5) is 11.4 Å². The summed E-state index contributed by atoms with van der Waals surface area (Å²) in [5.74, 6) is 0.805. The summed E-state index contributed by atoms with van der Waals surface area (Å²) in [6.07, 6.45) is 0. The third-order valence-corrected chi connectivity index (χ3v) is 3.44. The fraction of sp³-hybridized carbons (Fsp3) is 0.0526. The van der Waals surface area contributed by atoms with E-state index in [9.17, 15) is 0 Å². The Labute approximate surface area is 140 Å².